The normalized spacial score (nSPS) is 27.2. The van der Waals surface area contributed by atoms with E-state index in [9.17, 15) is 9.65 Å². The van der Waals surface area contributed by atoms with Gasteiger partial charge in [-0.15, -0.1) is 0 Å². The fourth-order valence-electron chi connectivity index (χ4n) is 7.67. The van der Waals surface area contributed by atoms with Gasteiger partial charge >= 0.3 is 0 Å². The molecule has 3 saturated heterocycles. The molecular formula is C31H41ClFN3OS. The summed E-state index contributed by atoms with van der Waals surface area (Å²) in [5.41, 5.74) is 2.32. The van der Waals surface area contributed by atoms with Crippen molar-refractivity contribution in [3.63, 3.8) is 0 Å². The van der Waals surface area contributed by atoms with E-state index in [1.165, 1.54) is 17.7 Å². The second-order valence-electron chi connectivity index (χ2n) is 12.0. The van der Waals surface area contributed by atoms with E-state index in [0.29, 0.717) is 16.9 Å². The lowest BCUT2D eigenvalue weighted by Gasteiger charge is -2.40. The third kappa shape index (κ3) is 5.83. The van der Waals surface area contributed by atoms with Crippen molar-refractivity contribution in [2.45, 2.75) is 83.0 Å². The van der Waals surface area contributed by atoms with Crippen molar-refractivity contribution < 1.29 is 9.13 Å². The number of likely N-dealkylation sites (tertiary alicyclic amines) is 2. The maximum Gasteiger partial charge on any atom is 0.150 e. The molecule has 38 heavy (non-hydrogen) atoms. The first kappa shape index (κ1) is 28.1. The largest absolute Gasteiger partial charge is 0.356 e. The third-order valence-electron chi connectivity index (χ3n) is 9.37. The quantitative estimate of drug-likeness (QED) is 0.320. The summed E-state index contributed by atoms with van der Waals surface area (Å²) in [4.78, 5) is 5.12. The Hall–Kier alpha value is -1.49. The molecule has 0 saturated carbocycles. The van der Waals surface area contributed by atoms with E-state index in [2.05, 4.69) is 46.5 Å². The predicted octanol–water partition coefficient (Wildman–Crippen LogP) is 7.49. The first-order chi connectivity index (χ1) is 18.4. The molecule has 0 amide bonds. The van der Waals surface area contributed by atoms with Gasteiger partial charge in [0.05, 0.1) is 11.7 Å². The van der Waals surface area contributed by atoms with Gasteiger partial charge in [0, 0.05) is 55.6 Å². The van der Waals surface area contributed by atoms with Crippen LogP contribution in [0.3, 0.4) is 0 Å². The molecule has 0 aliphatic carbocycles. The molecule has 1 aromatic carbocycles. The van der Waals surface area contributed by atoms with E-state index in [0.717, 1.165) is 89.8 Å². The van der Waals surface area contributed by atoms with Crippen LogP contribution in [-0.2, 0) is 11.3 Å². The van der Waals surface area contributed by atoms with Gasteiger partial charge < -0.3 is 9.64 Å². The van der Waals surface area contributed by atoms with Crippen LogP contribution in [0.1, 0.15) is 75.8 Å². The Bertz CT molecular complexity index is 1100. The van der Waals surface area contributed by atoms with Gasteiger partial charge in [0.25, 0.3) is 0 Å². The predicted molar refractivity (Wildman–Crippen MR) is 153 cm³/mol. The Morgan fingerprint density at radius 1 is 1.13 bits per heavy atom. The number of hydrogen-bond acceptors (Lipinski definition) is 5. The number of halogens is 2. The molecule has 7 heteroatoms. The van der Waals surface area contributed by atoms with Crippen molar-refractivity contribution in [2.24, 2.45) is 11.3 Å². The Labute approximate surface area is 236 Å². The average molecular weight is 558 g/mol. The highest BCUT2D eigenvalue weighted by molar-refractivity contribution is 7.08. The van der Waals surface area contributed by atoms with Crippen molar-refractivity contribution in [2.75, 3.05) is 32.7 Å². The molecule has 4 nitrogen and oxygen atoms in total. The number of rotatable bonds is 9. The summed E-state index contributed by atoms with van der Waals surface area (Å²) in [5, 5.41) is 15.0. The van der Waals surface area contributed by atoms with Crippen LogP contribution in [0, 0.1) is 28.5 Å². The fourth-order valence-corrected chi connectivity index (χ4v) is 8.62. The van der Waals surface area contributed by atoms with Crippen LogP contribution >= 0.6 is 22.9 Å². The number of nitrogens with zero attached hydrogens (tertiary/aromatic N) is 3. The van der Waals surface area contributed by atoms with Gasteiger partial charge in [-0.05, 0) is 78.1 Å². The average Bonchev–Trinajstić information content (AvgIpc) is 3.62. The minimum Gasteiger partial charge on any atom is -0.356 e. The van der Waals surface area contributed by atoms with Crippen molar-refractivity contribution in [1.82, 2.24) is 9.80 Å². The van der Waals surface area contributed by atoms with Crippen LogP contribution in [0.2, 0.25) is 5.02 Å². The molecule has 3 fully saturated rings. The van der Waals surface area contributed by atoms with E-state index < -0.39 is 0 Å². The summed E-state index contributed by atoms with van der Waals surface area (Å²) in [6.45, 7) is 10.4. The maximum absolute atomic E-state index is 13.6. The molecule has 1 aromatic heterocycles. The lowest BCUT2D eigenvalue weighted by molar-refractivity contribution is -0.0677. The van der Waals surface area contributed by atoms with Crippen molar-refractivity contribution in [3.8, 4) is 6.07 Å². The minimum absolute atomic E-state index is 0.0258. The van der Waals surface area contributed by atoms with Crippen LogP contribution in [0.25, 0.3) is 0 Å². The van der Waals surface area contributed by atoms with Crippen LogP contribution in [-0.4, -0.2) is 54.2 Å². The third-order valence-corrected chi connectivity index (χ3v) is 10.4. The first-order valence-electron chi connectivity index (χ1n) is 14.4. The Morgan fingerprint density at radius 3 is 2.53 bits per heavy atom. The number of nitriles is 1. The number of piperidine rings is 1. The van der Waals surface area contributed by atoms with Crippen LogP contribution in [0.4, 0.5) is 4.39 Å². The zero-order valence-corrected chi connectivity index (χ0v) is 24.4. The molecule has 2 unspecified atom stereocenters. The second-order valence-corrected chi connectivity index (χ2v) is 13.2. The topological polar surface area (TPSA) is 39.5 Å². The van der Waals surface area contributed by atoms with Crippen molar-refractivity contribution >= 4 is 22.9 Å². The van der Waals surface area contributed by atoms with Gasteiger partial charge in [0.2, 0.25) is 0 Å². The zero-order valence-electron chi connectivity index (χ0n) is 22.8. The number of hydrogen-bond donors (Lipinski definition) is 0. The summed E-state index contributed by atoms with van der Waals surface area (Å²) in [5.74, 6) is 0.739. The molecule has 0 bridgehead atoms. The summed E-state index contributed by atoms with van der Waals surface area (Å²) < 4.78 is 20.2. The highest BCUT2D eigenvalue weighted by Crippen LogP contribution is 2.53. The molecule has 4 heterocycles. The first-order valence-corrected chi connectivity index (χ1v) is 15.7. The SMILES string of the molecule is CCCC1(CCC)CC2(CCN(CC3CN(Cc4ccc(F)cc4Cl)C[C@@H]3c3ccsc3)CC2)OC1C#N. The monoisotopic (exact) mass is 557 g/mol. The smallest absolute Gasteiger partial charge is 0.150 e. The van der Waals surface area contributed by atoms with E-state index in [-0.39, 0.29) is 22.9 Å². The van der Waals surface area contributed by atoms with Crippen molar-refractivity contribution in [3.05, 3.63) is 57.0 Å². The molecule has 5 rings (SSSR count). The molecular weight excluding hydrogens is 517 g/mol. The van der Waals surface area contributed by atoms with Gasteiger partial charge in [-0.2, -0.15) is 16.6 Å². The number of ether oxygens (including phenoxy) is 1. The highest BCUT2D eigenvalue weighted by atomic mass is 35.5. The van der Waals surface area contributed by atoms with Gasteiger partial charge in [-0.25, -0.2) is 4.39 Å². The van der Waals surface area contributed by atoms with E-state index in [1.807, 2.05) is 6.07 Å². The summed E-state index contributed by atoms with van der Waals surface area (Å²) in [6, 6.07) is 9.57. The van der Waals surface area contributed by atoms with Crippen molar-refractivity contribution in [1.29, 1.82) is 5.26 Å². The molecule has 0 radical (unpaired) electrons. The Morgan fingerprint density at radius 2 is 1.89 bits per heavy atom. The fraction of sp³-hybridized carbons (Fsp3) is 0.645. The summed E-state index contributed by atoms with van der Waals surface area (Å²) in [6.07, 6.45) is 7.20. The van der Waals surface area contributed by atoms with Crippen LogP contribution < -0.4 is 0 Å². The van der Waals surface area contributed by atoms with E-state index >= 15 is 0 Å². The molecule has 3 atom stereocenters. The Balaban J connectivity index is 1.24. The Kier molecular flexibility index (Phi) is 8.82. The standard InChI is InChI=1S/C31H41ClFN3OS/c1-3-8-30(9-4-2)22-31(37-29(30)16-34)10-12-35(13-11-31)18-25-19-36(20-27(25)24-7-14-38-21-24)17-23-5-6-26(33)15-28(23)32/h5-7,14-15,21,25,27,29H,3-4,8-13,17-20,22H2,1-2H3/t25?,27-,29?/m1/s1. The summed E-state index contributed by atoms with van der Waals surface area (Å²) >= 11 is 8.14. The molecule has 206 valence electrons. The minimum atomic E-state index is -0.286. The molecule has 0 N–H and O–H groups in total. The lowest BCUT2D eigenvalue weighted by Crippen LogP contribution is -2.46. The molecule has 3 aliphatic heterocycles. The van der Waals surface area contributed by atoms with E-state index in [4.69, 9.17) is 16.3 Å². The van der Waals surface area contributed by atoms with Crippen LogP contribution in [0.15, 0.2) is 35.0 Å². The molecule has 1 spiro atoms. The maximum atomic E-state index is 13.6. The number of benzene rings is 1. The second kappa shape index (κ2) is 11.9. The highest BCUT2D eigenvalue weighted by Gasteiger charge is 2.55. The molecule has 2 aromatic rings. The van der Waals surface area contributed by atoms with Gasteiger partial charge in [0.15, 0.2) is 0 Å². The summed E-state index contributed by atoms with van der Waals surface area (Å²) in [7, 11) is 0. The molecule has 3 aliphatic rings. The van der Waals surface area contributed by atoms with E-state index in [1.54, 1.807) is 11.3 Å². The van der Waals surface area contributed by atoms with Gasteiger partial charge in [0.1, 0.15) is 11.9 Å². The lowest BCUT2D eigenvalue weighted by atomic mass is 9.69. The van der Waals surface area contributed by atoms with Crippen LogP contribution in [0.5, 0.6) is 0 Å². The van der Waals surface area contributed by atoms with Gasteiger partial charge in [-0.1, -0.05) is 44.4 Å². The number of thiophene rings is 1. The van der Waals surface area contributed by atoms with Gasteiger partial charge in [-0.3, -0.25) is 4.90 Å². The zero-order chi connectivity index (χ0) is 26.8.